The number of halogens is 1. The molecule has 0 aliphatic heterocycles. The van der Waals surface area contributed by atoms with Gasteiger partial charge in [-0.15, -0.1) is 0 Å². The fraction of sp³-hybridized carbons (Fsp3) is 0.316. The molecule has 26 heavy (non-hydrogen) atoms. The number of nitrogens with one attached hydrogen (secondary N) is 1. The topological polar surface area (TPSA) is 64.9 Å². The van der Waals surface area contributed by atoms with E-state index < -0.39 is 0 Å². The largest absolute Gasteiger partial charge is 1.00 e. The molecule has 138 valence electrons. The van der Waals surface area contributed by atoms with Crippen molar-refractivity contribution in [2.45, 2.75) is 32.7 Å². The van der Waals surface area contributed by atoms with E-state index in [1.165, 1.54) is 24.8 Å². The van der Waals surface area contributed by atoms with Gasteiger partial charge in [-0.05, 0) is 53.2 Å². The summed E-state index contributed by atoms with van der Waals surface area (Å²) in [5, 5.41) is 15.2. The summed E-state index contributed by atoms with van der Waals surface area (Å²) < 4.78 is 7.47. The van der Waals surface area contributed by atoms with Crippen LogP contribution in [-0.4, -0.2) is 26.8 Å². The lowest BCUT2D eigenvalue weighted by molar-refractivity contribution is -0.00000598. The van der Waals surface area contributed by atoms with Crippen LogP contribution in [0.25, 0.3) is 5.69 Å². The molecule has 7 heteroatoms. The van der Waals surface area contributed by atoms with Crippen molar-refractivity contribution < 1.29 is 17.1 Å². The van der Waals surface area contributed by atoms with Gasteiger partial charge >= 0.3 is 6.01 Å². The van der Waals surface area contributed by atoms with E-state index in [9.17, 15) is 0 Å². The quantitative estimate of drug-likeness (QED) is 0.561. The van der Waals surface area contributed by atoms with Crippen molar-refractivity contribution in [3.05, 3.63) is 60.2 Å². The van der Waals surface area contributed by atoms with E-state index in [1.807, 2.05) is 48.5 Å². The number of aromatic nitrogens is 4. The number of tetrazole rings is 1. The lowest BCUT2D eigenvalue weighted by Gasteiger charge is -2.08. The molecule has 0 bridgehead atoms. The van der Waals surface area contributed by atoms with Crippen molar-refractivity contribution in [3.63, 3.8) is 0 Å². The van der Waals surface area contributed by atoms with Gasteiger partial charge in [-0.3, -0.25) is 0 Å². The first-order valence-corrected chi connectivity index (χ1v) is 8.68. The number of hydrogen-bond donors (Lipinski definition) is 1. The van der Waals surface area contributed by atoms with Gasteiger partial charge in [0.05, 0.1) is 5.69 Å². The zero-order valence-electron chi connectivity index (χ0n) is 14.8. The predicted octanol–water partition coefficient (Wildman–Crippen LogP) is 0.738. The SMILES string of the molecule is CCCCCNCc1cccc(Oc2nnnn2-c2ccccc2)c1.[Cl-]. The Kier molecular flexibility index (Phi) is 8.05. The highest BCUT2D eigenvalue weighted by Gasteiger charge is 2.10. The second-order valence-electron chi connectivity index (χ2n) is 5.84. The van der Waals surface area contributed by atoms with Gasteiger partial charge in [-0.25, -0.2) is 0 Å². The molecule has 0 unspecified atom stereocenters. The highest BCUT2D eigenvalue weighted by molar-refractivity contribution is 5.34. The second-order valence-corrected chi connectivity index (χ2v) is 5.84. The molecule has 1 N–H and O–H groups in total. The Hall–Kier alpha value is -2.44. The van der Waals surface area contributed by atoms with E-state index >= 15 is 0 Å². The molecule has 0 aliphatic carbocycles. The van der Waals surface area contributed by atoms with Gasteiger partial charge in [0, 0.05) is 6.54 Å². The Morgan fingerprint density at radius 2 is 1.88 bits per heavy atom. The van der Waals surface area contributed by atoms with Crippen LogP contribution >= 0.6 is 0 Å². The summed E-state index contributed by atoms with van der Waals surface area (Å²) in [6.07, 6.45) is 3.71. The summed E-state index contributed by atoms with van der Waals surface area (Å²) in [5.41, 5.74) is 2.03. The molecule has 3 aromatic rings. The summed E-state index contributed by atoms with van der Waals surface area (Å²) >= 11 is 0. The fourth-order valence-electron chi connectivity index (χ4n) is 2.53. The Bertz CT molecular complexity index is 778. The minimum atomic E-state index is 0. The summed E-state index contributed by atoms with van der Waals surface area (Å²) in [6, 6.07) is 18.0. The maximum Gasteiger partial charge on any atom is 0.345 e. The molecule has 6 nitrogen and oxygen atoms in total. The van der Waals surface area contributed by atoms with Crippen molar-refractivity contribution in [2.75, 3.05) is 6.54 Å². The lowest BCUT2D eigenvalue weighted by Crippen LogP contribution is -3.00. The lowest BCUT2D eigenvalue weighted by atomic mass is 10.2. The van der Waals surface area contributed by atoms with Crippen LogP contribution in [0.5, 0.6) is 11.8 Å². The highest BCUT2D eigenvalue weighted by atomic mass is 35.5. The van der Waals surface area contributed by atoms with Crippen LogP contribution in [0.3, 0.4) is 0 Å². The second kappa shape index (κ2) is 10.5. The van der Waals surface area contributed by atoms with Gasteiger partial charge in [-0.2, -0.15) is 4.68 Å². The summed E-state index contributed by atoms with van der Waals surface area (Å²) in [4.78, 5) is 0. The molecule has 0 atom stereocenters. The van der Waals surface area contributed by atoms with Crippen LogP contribution in [0.2, 0.25) is 0 Å². The van der Waals surface area contributed by atoms with Crippen molar-refractivity contribution in [2.24, 2.45) is 0 Å². The first-order chi connectivity index (χ1) is 12.4. The number of para-hydroxylation sites is 1. The molecule has 0 amide bonds. The third-order valence-electron chi connectivity index (χ3n) is 3.84. The Balaban J connectivity index is 0.00000243. The average Bonchev–Trinajstić information content (AvgIpc) is 3.11. The van der Waals surface area contributed by atoms with Crippen LogP contribution in [0.15, 0.2) is 54.6 Å². The molecule has 0 saturated heterocycles. The summed E-state index contributed by atoms with van der Waals surface area (Å²) in [6.45, 7) is 4.07. The van der Waals surface area contributed by atoms with Crippen LogP contribution in [-0.2, 0) is 6.54 Å². The van der Waals surface area contributed by atoms with Gasteiger partial charge in [0.15, 0.2) is 0 Å². The Morgan fingerprint density at radius 3 is 2.69 bits per heavy atom. The molecule has 1 heterocycles. The van der Waals surface area contributed by atoms with E-state index in [2.05, 4.69) is 33.8 Å². The van der Waals surface area contributed by atoms with Gasteiger partial charge in [0.1, 0.15) is 5.75 Å². The number of rotatable bonds is 9. The zero-order chi connectivity index (χ0) is 17.3. The van der Waals surface area contributed by atoms with Crippen molar-refractivity contribution in [3.8, 4) is 17.4 Å². The molecule has 3 rings (SSSR count). The van der Waals surface area contributed by atoms with Gasteiger partial charge in [-0.1, -0.05) is 55.2 Å². The fourth-order valence-corrected chi connectivity index (χ4v) is 2.53. The monoisotopic (exact) mass is 372 g/mol. The van der Waals surface area contributed by atoms with E-state index in [0.717, 1.165) is 24.5 Å². The van der Waals surface area contributed by atoms with Crippen molar-refractivity contribution in [1.82, 2.24) is 25.5 Å². The van der Waals surface area contributed by atoms with E-state index in [1.54, 1.807) is 4.68 Å². The molecule has 1 aromatic heterocycles. The maximum atomic E-state index is 5.89. The number of benzene rings is 2. The first kappa shape index (κ1) is 19.9. The van der Waals surface area contributed by atoms with Crippen molar-refractivity contribution >= 4 is 0 Å². The molecule has 2 aromatic carbocycles. The van der Waals surface area contributed by atoms with Gasteiger partial charge < -0.3 is 22.5 Å². The average molecular weight is 373 g/mol. The number of ether oxygens (including phenoxy) is 1. The molecule has 0 aliphatic rings. The van der Waals surface area contributed by atoms with Crippen molar-refractivity contribution in [1.29, 1.82) is 0 Å². The normalized spacial score (nSPS) is 10.3. The predicted molar refractivity (Wildman–Crippen MR) is 96.9 cm³/mol. The van der Waals surface area contributed by atoms with E-state index in [0.29, 0.717) is 6.01 Å². The van der Waals surface area contributed by atoms with Crippen LogP contribution in [0, 0.1) is 0 Å². The molecule has 0 fully saturated rings. The smallest absolute Gasteiger partial charge is 0.345 e. The molecular formula is C19H23ClN5O-. The minimum Gasteiger partial charge on any atom is -1.00 e. The highest BCUT2D eigenvalue weighted by Crippen LogP contribution is 2.22. The Labute approximate surface area is 160 Å². The molecule has 0 radical (unpaired) electrons. The molecule has 0 saturated carbocycles. The third-order valence-corrected chi connectivity index (χ3v) is 3.84. The van der Waals surface area contributed by atoms with Crippen LogP contribution < -0.4 is 22.5 Å². The number of unbranched alkanes of at least 4 members (excludes halogenated alkanes) is 2. The first-order valence-electron chi connectivity index (χ1n) is 8.68. The number of nitrogens with zero attached hydrogens (tertiary/aromatic N) is 4. The Morgan fingerprint density at radius 1 is 1.04 bits per heavy atom. The summed E-state index contributed by atoms with van der Waals surface area (Å²) in [5.74, 6) is 0.722. The molecule has 0 spiro atoms. The standard InChI is InChI=1S/C19H23N5O.ClH/c1-2-3-7-13-20-15-16-9-8-12-18(14-16)25-19-21-22-23-24(19)17-10-5-4-6-11-17;/h4-6,8-12,14,20H,2-3,7,13,15H2,1H3;1H/p-1. The van der Waals surface area contributed by atoms with Gasteiger partial charge in [0.2, 0.25) is 0 Å². The third kappa shape index (κ3) is 5.54. The van der Waals surface area contributed by atoms with E-state index in [4.69, 9.17) is 4.74 Å². The van der Waals surface area contributed by atoms with Crippen LogP contribution in [0.4, 0.5) is 0 Å². The summed E-state index contributed by atoms with van der Waals surface area (Å²) in [7, 11) is 0. The minimum absolute atomic E-state index is 0. The molecular weight excluding hydrogens is 350 g/mol. The van der Waals surface area contributed by atoms with E-state index in [-0.39, 0.29) is 12.4 Å². The van der Waals surface area contributed by atoms with Crippen LogP contribution in [0.1, 0.15) is 31.7 Å². The maximum absolute atomic E-state index is 5.89. The zero-order valence-corrected chi connectivity index (χ0v) is 15.6. The number of hydrogen-bond acceptors (Lipinski definition) is 5. The van der Waals surface area contributed by atoms with Gasteiger partial charge in [0.25, 0.3) is 0 Å².